The Balaban J connectivity index is 1.79. The maximum Gasteiger partial charge on any atom is 0.205 e. The van der Waals surface area contributed by atoms with Crippen LogP contribution in [0.4, 0.5) is 17.3 Å². The van der Waals surface area contributed by atoms with Crippen molar-refractivity contribution in [3.05, 3.63) is 60.7 Å². The van der Waals surface area contributed by atoms with Crippen LogP contribution in [0.15, 0.2) is 60.7 Å². The summed E-state index contributed by atoms with van der Waals surface area (Å²) in [6, 6.07) is 20.1. The van der Waals surface area contributed by atoms with Gasteiger partial charge in [0.2, 0.25) is 5.95 Å². The fourth-order valence-electron chi connectivity index (χ4n) is 2.55. The number of nitrogens with two attached hydrogens (primary N) is 1. The standard InChI is InChI=1S/C17H14N4/c18-12-8-9-15-16(10-12)21-17(20-15)19-14-7-3-5-11-4-1-2-6-13(11)14/h1-10H,18H2,(H2,19,20,21). The highest BCUT2D eigenvalue weighted by molar-refractivity contribution is 5.95. The highest BCUT2D eigenvalue weighted by atomic mass is 15.1. The molecule has 3 aromatic carbocycles. The maximum absolute atomic E-state index is 5.79. The number of anilines is 3. The van der Waals surface area contributed by atoms with Crippen LogP contribution in [0.5, 0.6) is 0 Å². The van der Waals surface area contributed by atoms with Gasteiger partial charge in [0.05, 0.1) is 11.0 Å². The number of hydrogen-bond donors (Lipinski definition) is 3. The largest absolute Gasteiger partial charge is 0.399 e. The third-order valence-electron chi connectivity index (χ3n) is 3.55. The second kappa shape index (κ2) is 4.52. The molecule has 1 aromatic heterocycles. The van der Waals surface area contributed by atoms with Crippen molar-refractivity contribution in [2.24, 2.45) is 0 Å². The first-order chi connectivity index (χ1) is 10.3. The first kappa shape index (κ1) is 11.8. The molecule has 0 atom stereocenters. The molecule has 4 aromatic rings. The average Bonchev–Trinajstić information content (AvgIpc) is 2.89. The molecule has 0 saturated carbocycles. The van der Waals surface area contributed by atoms with E-state index in [1.807, 2.05) is 42.5 Å². The van der Waals surface area contributed by atoms with Gasteiger partial charge in [-0.3, -0.25) is 0 Å². The molecule has 4 N–H and O–H groups in total. The third-order valence-corrected chi connectivity index (χ3v) is 3.55. The van der Waals surface area contributed by atoms with Crippen molar-refractivity contribution < 1.29 is 0 Å². The Kier molecular flexibility index (Phi) is 2.54. The molecule has 0 fully saturated rings. The minimum absolute atomic E-state index is 0.715. The second-order valence-corrected chi connectivity index (χ2v) is 5.01. The molecule has 0 radical (unpaired) electrons. The van der Waals surface area contributed by atoms with E-state index in [0.717, 1.165) is 22.4 Å². The van der Waals surface area contributed by atoms with E-state index in [2.05, 4.69) is 33.5 Å². The molecule has 0 spiro atoms. The maximum atomic E-state index is 5.79. The number of rotatable bonds is 2. The molecule has 102 valence electrons. The van der Waals surface area contributed by atoms with E-state index in [0.29, 0.717) is 5.95 Å². The molecule has 1 heterocycles. The van der Waals surface area contributed by atoms with Crippen molar-refractivity contribution >= 4 is 39.1 Å². The van der Waals surface area contributed by atoms with Crippen LogP contribution in [0.3, 0.4) is 0 Å². The van der Waals surface area contributed by atoms with Crippen LogP contribution < -0.4 is 11.1 Å². The summed E-state index contributed by atoms with van der Waals surface area (Å²) < 4.78 is 0. The Morgan fingerprint density at radius 1 is 0.952 bits per heavy atom. The topological polar surface area (TPSA) is 66.7 Å². The SMILES string of the molecule is Nc1ccc2nc(Nc3cccc4ccccc34)[nH]c2c1. The number of nitrogen functional groups attached to an aromatic ring is 1. The predicted molar refractivity (Wildman–Crippen MR) is 87.7 cm³/mol. The van der Waals surface area contributed by atoms with E-state index in [9.17, 15) is 0 Å². The van der Waals surface area contributed by atoms with Gasteiger partial charge in [-0.15, -0.1) is 0 Å². The molecule has 0 aliphatic carbocycles. The molecular formula is C17H14N4. The Morgan fingerprint density at radius 2 is 1.81 bits per heavy atom. The molecule has 0 amide bonds. The van der Waals surface area contributed by atoms with E-state index >= 15 is 0 Å². The van der Waals surface area contributed by atoms with Crippen LogP contribution in [-0.2, 0) is 0 Å². The highest BCUT2D eigenvalue weighted by Gasteiger charge is 2.05. The lowest BCUT2D eigenvalue weighted by molar-refractivity contribution is 1.32. The molecule has 4 rings (SSSR count). The lowest BCUT2D eigenvalue weighted by Crippen LogP contribution is -1.93. The molecule has 0 bridgehead atoms. The first-order valence-electron chi connectivity index (χ1n) is 6.80. The molecule has 4 heteroatoms. The predicted octanol–water partition coefficient (Wildman–Crippen LogP) is 4.04. The van der Waals surface area contributed by atoms with E-state index in [1.165, 1.54) is 10.8 Å². The summed E-state index contributed by atoms with van der Waals surface area (Å²) in [7, 11) is 0. The second-order valence-electron chi connectivity index (χ2n) is 5.01. The number of H-pyrrole nitrogens is 1. The number of fused-ring (bicyclic) bond motifs is 2. The van der Waals surface area contributed by atoms with Gasteiger partial charge in [0.1, 0.15) is 0 Å². The third kappa shape index (κ3) is 2.07. The first-order valence-corrected chi connectivity index (χ1v) is 6.80. The summed E-state index contributed by atoms with van der Waals surface area (Å²) in [5.41, 5.74) is 9.37. The van der Waals surface area contributed by atoms with Crippen LogP contribution >= 0.6 is 0 Å². The zero-order chi connectivity index (χ0) is 14.2. The van der Waals surface area contributed by atoms with Gasteiger partial charge in [0.25, 0.3) is 0 Å². The lowest BCUT2D eigenvalue weighted by atomic mass is 10.1. The normalized spacial score (nSPS) is 11.0. The van der Waals surface area contributed by atoms with Crippen molar-refractivity contribution in [1.82, 2.24) is 9.97 Å². The minimum atomic E-state index is 0.715. The van der Waals surface area contributed by atoms with Gasteiger partial charge >= 0.3 is 0 Å². The fourth-order valence-corrected chi connectivity index (χ4v) is 2.55. The summed E-state index contributed by atoms with van der Waals surface area (Å²) in [5, 5.41) is 5.71. The van der Waals surface area contributed by atoms with Crippen LogP contribution in [0.25, 0.3) is 21.8 Å². The van der Waals surface area contributed by atoms with Gasteiger partial charge in [0, 0.05) is 16.8 Å². The van der Waals surface area contributed by atoms with Crippen molar-refractivity contribution in [2.45, 2.75) is 0 Å². The number of aromatic amines is 1. The zero-order valence-corrected chi connectivity index (χ0v) is 11.3. The van der Waals surface area contributed by atoms with Crippen molar-refractivity contribution in [1.29, 1.82) is 0 Å². The molecule has 0 saturated heterocycles. The van der Waals surface area contributed by atoms with Crippen molar-refractivity contribution in [3.63, 3.8) is 0 Å². The smallest absolute Gasteiger partial charge is 0.205 e. The van der Waals surface area contributed by atoms with Gasteiger partial charge in [-0.2, -0.15) is 0 Å². The summed E-state index contributed by atoms with van der Waals surface area (Å²) >= 11 is 0. The van der Waals surface area contributed by atoms with Crippen LogP contribution in [0.1, 0.15) is 0 Å². The van der Waals surface area contributed by atoms with Crippen molar-refractivity contribution in [3.8, 4) is 0 Å². The van der Waals surface area contributed by atoms with Crippen LogP contribution in [0, 0.1) is 0 Å². The quantitative estimate of drug-likeness (QED) is 0.483. The van der Waals surface area contributed by atoms with Crippen LogP contribution in [0.2, 0.25) is 0 Å². The Hall–Kier alpha value is -3.01. The summed E-state index contributed by atoms with van der Waals surface area (Å²) in [4.78, 5) is 7.78. The number of benzene rings is 3. The van der Waals surface area contributed by atoms with E-state index in [1.54, 1.807) is 0 Å². The van der Waals surface area contributed by atoms with E-state index < -0.39 is 0 Å². The summed E-state index contributed by atoms with van der Waals surface area (Å²) in [5.74, 6) is 0.715. The molecule has 21 heavy (non-hydrogen) atoms. The molecule has 0 aliphatic rings. The van der Waals surface area contributed by atoms with Gasteiger partial charge < -0.3 is 16.0 Å². The van der Waals surface area contributed by atoms with E-state index in [4.69, 9.17) is 5.73 Å². The molecule has 0 aliphatic heterocycles. The Labute approximate surface area is 121 Å². The van der Waals surface area contributed by atoms with Crippen LogP contribution in [-0.4, -0.2) is 9.97 Å². The lowest BCUT2D eigenvalue weighted by Gasteiger charge is -2.06. The Bertz CT molecular complexity index is 934. The number of imidazole rings is 1. The van der Waals surface area contributed by atoms with Crippen molar-refractivity contribution in [2.75, 3.05) is 11.1 Å². The molecule has 4 nitrogen and oxygen atoms in total. The van der Waals surface area contributed by atoms with Gasteiger partial charge in [-0.1, -0.05) is 36.4 Å². The van der Waals surface area contributed by atoms with Gasteiger partial charge in [-0.05, 0) is 29.7 Å². The number of aromatic nitrogens is 2. The highest BCUT2D eigenvalue weighted by Crippen LogP contribution is 2.26. The summed E-state index contributed by atoms with van der Waals surface area (Å²) in [6.07, 6.45) is 0. The molecular weight excluding hydrogens is 260 g/mol. The molecule has 0 unspecified atom stereocenters. The fraction of sp³-hybridized carbons (Fsp3) is 0. The summed E-state index contributed by atoms with van der Waals surface area (Å²) in [6.45, 7) is 0. The van der Waals surface area contributed by atoms with Gasteiger partial charge in [-0.25, -0.2) is 4.98 Å². The Morgan fingerprint density at radius 3 is 2.76 bits per heavy atom. The average molecular weight is 274 g/mol. The van der Waals surface area contributed by atoms with Gasteiger partial charge in [0.15, 0.2) is 0 Å². The number of nitrogens with one attached hydrogen (secondary N) is 2. The van der Waals surface area contributed by atoms with E-state index in [-0.39, 0.29) is 0 Å². The minimum Gasteiger partial charge on any atom is -0.399 e. The zero-order valence-electron chi connectivity index (χ0n) is 11.3. The number of nitrogens with zero attached hydrogens (tertiary/aromatic N) is 1. The number of hydrogen-bond acceptors (Lipinski definition) is 3. The monoisotopic (exact) mass is 274 g/mol.